The molecule has 1 aromatic heterocycles. The Labute approximate surface area is 195 Å². The molecule has 0 fully saturated rings. The van der Waals surface area contributed by atoms with Gasteiger partial charge in [-0.1, -0.05) is 12.1 Å². The van der Waals surface area contributed by atoms with E-state index in [0.29, 0.717) is 13.1 Å². The molecular formula is C25H16F4N2O4. The molecule has 35 heavy (non-hydrogen) atoms. The molecule has 0 unspecified atom stereocenters. The molecule has 0 amide bonds. The second-order valence-electron chi connectivity index (χ2n) is 7.95. The average molecular weight is 484 g/mol. The van der Waals surface area contributed by atoms with Gasteiger partial charge < -0.3 is 19.7 Å². The van der Waals surface area contributed by atoms with Gasteiger partial charge in [0.15, 0.2) is 5.75 Å². The quantitative estimate of drug-likeness (QED) is 0.397. The minimum Gasteiger partial charge on any atom is -0.477 e. The molecule has 1 aliphatic rings. The Bertz CT molecular complexity index is 1550. The molecule has 0 saturated heterocycles. The number of rotatable bonds is 5. The van der Waals surface area contributed by atoms with Crippen LogP contribution in [0.25, 0.3) is 27.7 Å². The molecule has 10 heteroatoms. The Kier molecular flexibility index (Phi) is 5.52. The zero-order valence-electron chi connectivity index (χ0n) is 17.8. The number of fused-ring (bicyclic) bond motifs is 2. The number of aromatic carboxylic acids is 1. The zero-order chi connectivity index (χ0) is 24.9. The van der Waals surface area contributed by atoms with E-state index in [1.54, 1.807) is 18.2 Å². The second kappa shape index (κ2) is 8.55. The molecule has 6 nitrogen and oxygen atoms in total. The van der Waals surface area contributed by atoms with Crippen molar-refractivity contribution in [1.29, 1.82) is 0 Å². The van der Waals surface area contributed by atoms with Crippen molar-refractivity contribution in [2.75, 3.05) is 0 Å². The number of carboxylic acid groups (broad SMARTS) is 1. The van der Waals surface area contributed by atoms with Crippen molar-refractivity contribution >= 4 is 16.9 Å². The van der Waals surface area contributed by atoms with E-state index in [1.807, 2.05) is 0 Å². The van der Waals surface area contributed by atoms with Crippen molar-refractivity contribution in [3.63, 3.8) is 0 Å². The van der Waals surface area contributed by atoms with Gasteiger partial charge in [-0.05, 0) is 53.1 Å². The molecule has 0 radical (unpaired) electrons. The monoisotopic (exact) mass is 484 g/mol. The minimum atomic E-state index is -3.38. The van der Waals surface area contributed by atoms with Crippen molar-refractivity contribution in [1.82, 2.24) is 9.88 Å². The van der Waals surface area contributed by atoms with Gasteiger partial charge in [0.25, 0.3) is 0 Å². The highest BCUT2D eigenvalue weighted by Crippen LogP contribution is 2.41. The van der Waals surface area contributed by atoms with E-state index in [-0.39, 0.29) is 22.3 Å². The van der Waals surface area contributed by atoms with Crippen LogP contribution in [0.2, 0.25) is 0 Å². The standard InChI is InChI=1S/C25H16F4N2O4/c26-15-3-5-16(6-4-15)31-11-18(24(33)34)22(32)17-8-19(27)20(23(21(17)31)35-25(28)29)12-1-2-13-9-30-10-14(13)7-12/h1-8,11,25,30H,9-10H2,(H,33,34). The summed E-state index contributed by atoms with van der Waals surface area (Å²) >= 11 is 0. The van der Waals surface area contributed by atoms with Gasteiger partial charge in [-0.2, -0.15) is 8.78 Å². The number of hydrogen-bond acceptors (Lipinski definition) is 4. The van der Waals surface area contributed by atoms with Crippen LogP contribution < -0.4 is 15.5 Å². The summed E-state index contributed by atoms with van der Waals surface area (Å²) in [5.74, 6) is -3.87. The maximum absolute atomic E-state index is 15.5. The van der Waals surface area contributed by atoms with Crippen molar-refractivity contribution < 1.29 is 32.2 Å². The number of benzene rings is 3. The molecule has 1 aliphatic heterocycles. The zero-order valence-corrected chi connectivity index (χ0v) is 17.8. The van der Waals surface area contributed by atoms with E-state index in [4.69, 9.17) is 4.74 Å². The Hall–Kier alpha value is -4.18. The molecular weight excluding hydrogens is 468 g/mol. The highest BCUT2D eigenvalue weighted by Gasteiger charge is 2.27. The number of nitrogens with zero attached hydrogens (tertiary/aromatic N) is 1. The third kappa shape index (κ3) is 3.91. The van der Waals surface area contributed by atoms with Crippen LogP contribution in [0.1, 0.15) is 21.5 Å². The van der Waals surface area contributed by atoms with Gasteiger partial charge in [0.05, 0.1) is 10.9 Å². The lowest BCUT2D eigenvalue weighted by Gasteiger charge is -2.20. The predicted octanol–water partition coefficient (Wildman–Crippen LogP) is 4.84. The highest BCUT2D eigenvalue weighted by atomic mass is 19.3. The fourth-order valence-corrected chi connectivity index (χ4v) is 4.31. The largest absolute Gasteiger partial charge is 0.477 e. The van der Waals surface area contributed by atoms with Crippen LogP contribution in [0, 0.1) is 11.6 Å². The van der Waals surface area contributed by atoms with Crippen molar-refractivity contribution in [2.24, 2.45) is 0 Å². The molecule has 4 aromatic rings. The van der Waals surface area contributed by atoms with Crippen LogP contribution in [-0.2, 0) is 13.1 Å². The topological polar surface area (TPSA) is 80.6 Å². The fraction of sp³-hybridized carbons (Fsp3) is 0.120. The van der Waals surface area contributed by atoms with Gasteiger partial charge in [0.1, 0.15) is 22.7 Å². The third-order valence-electron chi connectivity index (χ3n) is 5.86. The lowest BCUT2D eigenvalue weighted by molar-refractivity contribution is -0.0487. The Morgan fingerprint density at radius 1 is 1.03 bits per heavy atom. The van der Waals surface area contributed by atoms with E-state index in [0.717, 1.165) is 40.1 Å². The first-order chi connectivity index (χ1) is 16.7. The number of aromatic nitrogens is 1. The minimum absolute atomic E-state index is 0.147. The predicted molar refractivity (Wildman–Crippen MR) is 119 cm³/mol. The summed E-state index contributed by atoms with van der Waals surface area (Å²) < 4.78 is 62.1. The van der Waals surface area contributed by atoms with Crippen molar-refractivity contribution in [3.05, 3.63) is 93.3 Å². The lowest BCUT2D eigenvalue weighted by Crippen LogP contribution is -2.20. The van der Waals surface area contributed by atoms with Crippen LogP contribution in [-0.4, -0.2) is 22.3 Å². The summed E-state index contributed by atoms with van der Waals surface area (Å²) in [6, 6.07) is 10.4. The highest BCUT2D eigenvalue weighted by molar-refractivity contribution is 5.98. The number of carbonyl (C=O) groups is 1. The van der Waals surface area contributed by atoms with Crippen molar-refractivity contribution in [2.45, 2.75) is 19.7 Å². The molecule has 5 rings (SSSR count). The smallest absolute Gasteiger partial charge is 0.387 e. The molecule has 0 bridgehead atoms. The SMILES string of the molecule is O=C(O)c1cn(-c2ccc(F)cc2)c2c(OC(F)F)c(-c3ccc4c(c3)CNC4)c(F)cc2c1=O. The molecule has 0 spiro atoms. The first kappa shape index (κ1) is 22.6. The van der Waals surface area contributed by atoms with Crippen LogP contribution in [0.15, 0.2) is 59.5 Å². The summed E-state index contributed by atoms with van der Waals surface area (Å²) in [7, 11) is 0. The van der Waals surface area contributed by atoms with Gasteiger partial charge in [-0.3, -0.25) is 4.79 Å². The second-order valence-corrected chi connectivity index (χ2v) is 7.95. The average Bonchev–Trinajstić information content (AvgIpc) is 3.28. The number of alkyl halides is 2. The van der Waals surface area contributed by atoms with Gasteiger partial charge >= 0.3 is 12.6 Å². The lowest BCUT2D eigenvalue weighted by atomic mass is 9.97. The summed E-state index contributed by atoms with van der Waals surface area (Å²) in [6.45, 7) is -2.27. The number of carboxylic acids is 1. The molecule has 2 N–H and O–H groups in total. The van der Waals surface area contributed by atoms with E-state index in [2.05, 4.69) is 5.32 Å². The molecule has 3 aromatic carbocycles. The number of nitrogens with one attached hydrogen (secondary N) is 1. The Balaban J connectivity index is 1.92. The first-order valence-corrected chi connectivity index (χ1v) is 10.4. The normalized spacial score (nSPS) is 12.8. The van der Waals surface area contributed by atoms with E-state index in [9.17, 15) is 27.9 Å². The maximum atomic E-state index is 15.5. The van der Waals surface area contributed by atoms with Crippen LogP contribution in [0.5, 0.6) is 5.75 Å². The van der Waals surface area contributed by atoms with Gasteiger partial charge in [-0.25, -0.2) is 13.6 Å². The van der Waals surface area contributed by atoms with Crippen LogP contribution in [0.4, 0.5) is 17.6 Å². The summed E-state index contributed by atoms with van der Waals surface area (Å²) in [6.07, 6.45) is 0.923. The molecule has 0 saturated carbocycles. The number of hydrogen-bond donors (Lipinski definition) is 2. The third-order valence-corrected chi connectivity index (χ3v) is 5.86. The Morgan fingerprint density at radius 2 is 1.74 bits per heavy atom. The van der Waals surface area contributed by atoms with Crippen molar-refractivity contribution in [3.8, 4) is 22.6 Å². The van der Waals surface area contributed by atoms with Gasteiger partial charge in [-0.15, -0.1) is 0 Å². The first-order valence-electron chi connectivity index (χ1n) is 10.4. The number of ether oxygens (including phenoxy) is 1. The fourth-order valence-electron chi connectivity index (χ4n) is 4.31. The summed E-state index contributed by atoms with van der Waals surface area (Å²) in [4.78, 5) is 24.7. The van der Waals surface area contributed by atoms with E-state index >= 15 is 4.39 Å². The summed E-state index contributed by atoms with van der Waals surface area (Å²) in [5.41, 5.74) is -0.179. The van der Waals surface area contributed by atoms with E-state index < -0.39 is 46.3 Å². The van der Waals surface area contributed by atoms with Gasteiger partial charge in [0.2, 0.25) is 5.43 Å². The Morgan fingerprint density at radius 3 is 2.43 bits per heavy atom. The molecule has 0 aliphatic carbocycles. The van der Waals surface area contributed by atoms with E-state index in [1.165, 1.54) is 12.1 Å². The molecule has 0 atom stereocenters. The summed E-state index contributed by atoms with van der Waals surface area (Å²) in [5, 5.41) is 12.2. The molecule has 2 heterocycles. The molecule has 178 valence electrons. The number of halogens is 4. The number of pyridine rings is 1. The maximum Gasteiger partial charge on any atom is 0.387 e. The van der Waals surface area contributed by atoms with Crippen LogP contribution in [0.3, 0.4) is 0 Å². The van der Waals surface area contributed by atoms with Crippen LogP contribution >= 0.6 is 0 Å². The van der Waals surface area contributed by atoms with Gasteiger partial charge in [0, 0.05) is 25.0 Å².